The lowest BCUT2D eigenvalue weighted by molar-refractivity contribution is 0.0708. The number of benzene rings is 1. The quantitative estimate of drug-likeness (QED) is 0.844. The fourth-order valence-corrected chi connectivity index (χ4v) is 4.28. The van der Waals surface area contributed by atoms with Crippen molar-refractivity contribution in [3.63, 3.8) is 0 Å². The Balaban J connectivity index is 2.23. The van der Waals surface area contributed by atoms with Crippen LogP contribution in [-0.2, 0) is 9.84 Å². The standard InChI is InChI=1S/C14H18FNO4S/c1-3-16(11-6-7-21(18,19)9-11)14(17)10-4-5-13(20-2)12(15)8-10/h4-5,8,11H,3,6-7,9H2,1-2H3. The third kappa shape index (κ3) is 3.34. The van der Waals surface area contributed by atoms with E-state index in [4.69, 9.17) is 4.74 Å². The molecule has 0 bridgehead atoms. The number of carbonyl (C=O) groups excluding carboxylic acids is 1. The van der Waals surface area contributed by atoms with E-state index in [1.54, 1.807) is 6.92 Å². The first-order chi connectivity index (χ1) is 9.88. The minimum atomic E-state index is -3.07. The highest BCUT2D eigenvalue weighted by molar-refractivity contribution is 7.91. The number of hydrogen-bond donors (Lipinski definition) is 0. The Bertz CT molecular complexity index is 644. The molecule has 5 nitrogen and oxygen atoms in total. The molecule has 0 spiro atoms. The molecule has 1 saturated heterocycles. The summed E-state index contributed by atoms with van der Waals surface area (Å²) in [6.07, 6.45) is 0.431. The molecule has 1 aliphatic rings. The summed E-state index contributed by atoms with van der Waals surface area (Å²) in [5, 5.41) is 0. The lowest BCUT2D eigenvalue weighted by Crippen LogP contribution is -2.41. The van der Waals surface area contributed by atoms with Crippen molar-refractivity contribution < 1.29 is 22.3 Å². The fourth-order valence-electron chi connectivity index (χ4n) is 2.55. The van der Waals surface area contributed by atoms with Crippen LogP contribution in [0.25, 0.3) is 0 Å². The molecule has 1 aromatic carbocycles. The van der Waals surface area contributed by atoms with Crippen molar-refractivity contribution in [3.05, 3.63) is 29.6 Å². The van der Waals surface area contributed by atoms with Gasteiger partial charge in [-0.15, -0.1) is 0 Å². The molecule has 0 N–H and O–H groups in total. The van der Waals surface area contributed by atoms with Crippen LogP contribution in [0.15, 0.2) is 18.2 Å². The van der Waals surface area contributed by atoms with Crippen LogP contribution >= 0.6 is 0 Å². The van der Waals surface area contributed by atoms with Crippen LogP contribution in [0.4, 0.5) is 4.39 Å². The van der Waals surface area contributed by atoms with Gasteiger partial charge in [-0.2, -0.15) is 0 Å². The summed E-state index contributed by atoms with van der Waals surface area (Å²) in [6, 6.07) is 3.66. The highest BCUT2D eigenvalue weighted by Crippen LogP contribution is 2.22. The predicted molar refractivity (Wildman–Crippen MR) is 76.7 cm³/mol. The van der Waals surface area contributed by atoms with Gasteiger partial charge in [-0.1, -0.05) is 0 Å². The monoisotopic (exact) mass is 315 g/mol. The summed E-state index contributed by atoms with van der Waals surface area (Å²) < 4.78 is 41.6. The Labute approximate surface area is 123 Å². The molecule has 1 unspecified atom stereocenters. The first-order valence-electron chi connectivity index (χ1n) is 6.73. The maximum Gasteiger partial charge on any atom is 0.254 e. The van der Waals surface area contributed by atoms with Gasteiger partial charge in [0.2, 0.25) is 0 Å². The SMILES string of the molecule is CCN(C(=O)c1ccc(OC)c(F)c1)C1CCS(=O)(=O)C1. The number of nitrogens with zero attached hydrogens (tertiary/aromatic N) is 1. The van der Waals surface area contributed by atoms with Crippen molar-refractivity contribution >= 4 is 15.7 Å². The van der Waals surface area contributed by atoms with Gasteiger partial charge < -0.3 is 9.64 Å². The lowest BCUT2D eigenvalue weighted by atomic mass is 10.1. The summed E-state index contributed by atoms with van der Waals surface area (Å²) >= 11 is 0. The van der Waals surface area contributed by atoms with Gasteiger partial charge in [-0.3, -0.25) is 4.79 Å². The molecule has 21 heavy (non-hydrogen) atoms. The van der Waals surface area contributed by atoms with Crippen molar-refractivity contribution in [2.24, 2.45) is 0 Å². The molecule has 1 fully saturated rings. The topological polar surface area (TPSA) is 63.7 Å². The summed E-state index contributed by atoms with van der Waals surface area (Å²) in [5.74, 6) is -0.832. The number of ether oxygens (including phenoxy) is 1. The van der Waals surface area contributed by atoms with Gasteiger partial charge in [-0.05, 0) is 31.5 Å². The first kappa shape index (κ1) is 15.8. The van der Waals surface area contributed by atoms with Gasteiger partial charge >= 0.3 is 0 Å². The molecule has 1 aromatic rings. The van der Waals surface area contributed by atoms with Crippen LogP contribution in [0.1, 0.15) is 23.7 Å². The van der Waals surface area contributed by atoms with Gasteiger partial charge in [0.25, 0.3) is 5.91 Å². The molecule has 0 aliphatic carbocycles. The number of sulfone groups is 1. The van der Waals surface area contributed by atoms with E-state index in [0.29, 0.717) is 13.0 Å². The zero-order valence-electron chi connectivity index (χ0n) is 12.0. The first-order valence-corrected chi connectivity index (χ1v) is 8.55. The van der Waals surface area contributed by atoms with E-state index in [0.717, 1.165) is 6.07 Å². The van der Waals surface area contributed by atoms with Gasteiger partial charge in [-0.25, -0.2) is 12.8 Å². The van der Waals surface area contributed by atoms with Crippen LogP contribution in [0.5, 0.6) is 5.75 Å². The minimum absolute atomic E-state index is 0.0226. The Morgan fingerprint density at radius 1 is 1.48 bits per heavy atom. The summed E-state index contributed by atoms with van der Waals surface area (Å²) in [7, 11) is -1.72. The second-order valence-electron chi connectivity index (χ2n) is 5.00. The fraction of sp³-hybridized carbons (Fsp3) is 0.500. The molecule has 2 rings (SSSR count). The second kappa shape index (κ2) is 6.01. The maximum atomic E-state index is 13.7. The number of carbonyl (C=O) groups is 1. The second-order valence-corrected chi connectivity index (χ2v) is 7.23. The summed E-state index contributed by atoms with van der Waals surface area (Å²) in [5.41, 5.74) is 0.194. The highest BCUT2D eigenvalue weighted by Gasteiger charge is 2.34. The van der Waals surface area contributed by atoms with E-state index in [-0.39, 0.29) is 34.8 Å². The zero-order valence-corrected chi connectivity index (χ0v) is 12.8. The smallest absolute Gasteiger partial charge is 0.254 e. The van der Waals surface area contributed by atoms with E-state index in [1.807, 2.05) is 0 Å². The number of amides is 1. The van der Waals surface area contributed by atoms with Crippen LogP contribution in [0.2, 0.25) is 0 Å². The van der Waals surface area contributed by atoms with Gasteiger partial charge in [0.05, 0.1) is 18.6 Å². The number of hydrogen-bond acceptors (Lipinski definition) is 4. The van der Waals surface area contributed by atoms with Crippen LogP contribution < -0.4 is 4.74 Å². The molecule has 0 aromatic heterocycles. The van der Waals surface area contributed by atoms with E-state index in [9.17, 15) is 17.6 Å². The van der Waals surface area contributed by atoms with Gasteiger partial charge in [0.15, 0.2) is 21.4 Å². The number of methoxy groups -OCH3 is 1. The molecule has 1 heterocycles. The number of rotatable bonds is 4. The average molecular weight is 315 g/mol. The van der Waals surface area contributed by atoms with E-state index in [2.05, 4.69) is 0 Å². The molecule has 7 heteroatoms. The van der Waals surface area contributed by atoms with Gasteiger partial charge in [0.1, 0.15) is 0 Å². The molecule has 1 atom stereocenters. The lowest BCUT2D eigenvalue weighted by Gasteiger charge is -2.27. The third-order valence-electron chi connectivity index (χ3n) is 3.65. The van der Waals surface area contributed by atoms with Crippen molar-refractivity contribution in [1.82, 2.24) is 4.90 Å². The number of halogens is 1. The average Bonchev–Trinajstić information content (AvgIpc) is 2.79. The molecule has 1 amide bonds. The van der Waals surface area contributed by atoms with Crippen LogP contribution in [0, 0.1) is 5.82 Å². The van der Waals surface area contributed by atoms with Crippen molar-refractivity contribution in [1.29, 1.82) is 0 Å². The molecule has 0 radical (unpaired) electrons. The summed E-state index contributed by atoms with van der Waals surface area (Å²) in [6.45, 7) is 2.16. The molecule has 1 aliphatic heterocycles. The highest BCUT2D eigenvalue weighted by atomic mass is 32.2. The van der Waals surface area contributed by atoms with Crippen molar-refractivity contribution in [2.75, 3.05) is 25.2 Å². The Morgan fingerprint density at radius 2 is 2.19 bits per heavy atom. The van der Waals surface area contributed by atoms with Crippen molar-refractivity contribution in [2.45, 2.75) is 19.4 Å². The predicted octanol–water partition coefficient (Wildman–Crippen LogP) is 1.48. The molecular weight excluding hydrogens is 297 g/mol. The van der Waals surface area contributed by atoms with E-state index in [1.165, 1.54) is 24.1 Å². The Kier molecular flexibility index (Phi) is 4.51. The third-order valence-corrected chi connectivity index (χ3v) is 5.40. The van der Waals surface area contributed by atoms with Crippen LogP contribution in [0.3, 0.4) is 0 Å². The Morgan fingerprint density at radius 3 is 2.67 bits per heavy atom. The molecule has 0 saturated carbocycles. The van der Waals surface area contributed by atoms with Gasteiger partial charge in [0, 0.05) is 18.2 Å². The maximum absolute atomic E-state index is 13.7. The zero-order chi connectivity index (χ0) is 15.6. The van der Waals surface area contributed by atoms with Crippen molar-refractivity contribution in [3.8, 4) is 5.75 Å². The Hall–Kier alpha value is -1.63. The molecular formula is C14H18FNO4S. The normalized spacial score (nSPS) is 20.2. The molecule has 116 valence electrons. The van der Waals surface area contributed by atoms with E-state index < -0.39 is 15.7 Å². The van der Waals surface area contributed by atoms with E-state index >= 15 is 0 Å². The largest absolute Gasteiger partial charge is 0.494 e. The minimum Gasteiger partial charge on any atom is -0.494 e. The van der Waals surface area contributed by atoms with Crippen LogP contribution in [-0.4, -0.2) is 50.4 Å². The summed E-state index contributed by atoms with van der Waals surface area (Å²) in [4.78, 5) is 13.9.